The lowest BCUT2D eigenvalue weighted by atomic mass is 9.75. The maximum absolute atomic E-state index is 14.5. The summed E-state index contributed by atoms with van der Waals surface area (Å²) >= 11 is 0. The first kappa shape index (κ1) is 25.3. The van der Waals surface area contributed by atoms with Crippen molar-refractivity contribution >= 4 is 5.84 Å². The van der Waals surface area contributed by atoms with E-state index in [1.165, 1.54) is 18.3 Å². The lowest BCUT2D eigenvalue weighted by molar-refractivity contribution is -0.138. The first-order chi connectivity index (χ1) is 17.1. The van der Waals surface area contributed by atoms with Crippen LogP contribution in [0, 0.1) is 12.7 Å². The molecular formula is C25H25F4N5O2. The van der Waals surface area contributed by atoms with Gasteiger partial charge in [0.2, 0.25) is 0 Å². The van der Waals surface area contributed by atoms with Gasteiger partial charge in [-0.3, -0.25) is 9.78 Å². The molecule has 36 heavy (non-hydrogen) atoms. The zero-order chi connectivity index (χ0) is 26.0. The molecule has 3 N–H and O–H groups in total. The van der Waals surface area contributed by atoms with Crippen molar-refractivity contribution in [1.29, 1.82) is 0 Å². The summed E-state index contributed by atoms with van der Waals surface area (Å²) in [7, 11) is 0. The summed E-state index contributed by atoms with van der Waals surface area (Å²) in [6.07, 6.45) is -1.08. The predicted molar refractivity (Wildman–Crippen MR) is 124 cm³/mol. The van der Waals surface area contributed by atoms with E-state index in [1.807, 2.05) is 13.0 Å². The first-order valence-electron chi connectivity index (χ1n) is 11.5. The number of oxime groups is 1. The first-order valence-corrected chi connectivity index (χ1v) is 11.5. The zero-order valence-corrected chi connectivity index (χ0v) is 19.5. The van der Waals surface area contributed by atoms with Crippen LogP contribution < -0.4 is 11.3 Å². The Morgan fingerprint density at radius 3 is 2.50 bits per heavy atom. The number of hydrogen-bond donors (Lipinski definition) is 2. The van der Waals surface area contributed by atoms with Gasteiger partial charge < -0.3 is 10.9 Å². The molecule has 0 unspecified atom stereocenters. The fourth-order valence-corrected chi connectivity index (χ4v) is 4.96. The van der Waals surface area contributed by atoms with Crippen LogP contribution in [-0.4, -0.2) is 25.8 Å². The molecule has 0 atom stereocenters. The van der Waals surface area contributed by atoms with Gasteiger partial charge in [-0.05, 0) is 79.8 Å². The van der Waals surface area contributed by atoms with E-state index >= 15 is 0 Å². The lowest BCUT2D eigenvalue weighted by Crippen LogP contribution is -2.33. The molecule has 0 aliphatic heterocycles. The number of amidine groups is 1. The van der Waals surface area contributed by atoms with E-state index in [2.05, 4.69) is 15.2 Å². The molecule has 1 aliphatic rings. The van der Waals surface area contributed by atoms with Crippen LogP contribution in [0.4, 0.5) is 17.6 Å². The van der Waals surface area contributed by atoms with Gasteiger partial charge >= 0.3 is 6.18 Å². The molecule has 1 aromatic carbocycles. The van der Waals surface area contributed by atoms with Crippen LogP contribution >= 0.6 is 0 Å². The van der Waals surface area contributed by atoms with E-state index in [9.17, 15) is 22.4 Å². The highest BCUT2D eigenvalue weighted by Gasteiger charge is 2.34. The topological polar surface area (TPSA) is 106 Å². The van der Waals surface area contributed by atoms with Crippen molar-refractivity contribution in [2.24, 2.45) is 10.9 Å². The maximum atomic E-state index is 14.5. The van der Waals surface area contributed by atoms with Crippen LogP contribution in [0.5, 0.6) is 0 Å². The SMILES string of the molecule is Cc1cccc(F)c1C1CCC(c2cc(/C(N)=N\O)nn(Cc3ncccc3C(F)(F)F)c2=O)CC1. The molecule has 0 amide bonds. The Balaban J connectivity index is 1.68. The summed E-state index contributed by atoms with van der Waals surface area (Å²) in [5.41, 5.74) is 5.61. The Bertz CT molecular complexity index is 1320. The van der Waals surface area contributed by atoms with Crippen LogP contribution in [-0.2, 0) is 12.7 Å². The number of hydrogen-bond acceptors (Lipinski definition) is 5. The van der Waals surface area contributed by atoms with Crippen molar-refractivity contribution in [2.75, 3.05) is 0 Å². The van der Waals surface area contributed by atoms with Gasteiger partial charge in [0.15, 0.2) is 5.84 Å². The van der Waals surface area contributed by atoms with Gasteiger partial charge in [0, 0.05) is 11.8 Å². The molecule has 190 valence electrons. The number of pyridine rings is 1. The highest BCUT2D eigenvalue weighted by atomic mass is 19.4. The van der Waals surface area contributed by atoms with Crippen molar-refractivity contribution < 1.29 is 22.8 Å². The highest BCUT2D eigenvalue weighted by Crippen LogP contribution is 2.41. The minimum Gasteiger partial charge on any atom is -0.409 e. The number of aromatic nitrogens is 3. The summed E-state index contributed by atoms with van der Waals surface area (Å²) in [6, 6.07) is 8.42. The Kier molecular flexibility index (Phi) is 7.09. The molecule has 2 aromatic heterocycles. The van der Waals surface area contributed by atoms with Gasteiger partial charge in [0.25, 0.3) is 5.56 Å². The van der Waals surface area contributed by atoms with Gasteiger partial charge in [0.05, 0.1) is 17.8 Å². The van der Waals surface area contributed by atoms with Crippen molar-refractivity contribution in [3.63, 3.8) is 0 Å². The van der Waals surface area contributed by atoms with E-state index in [-0.39, 0.29) is 34.9 Å². The second-order valence-corrected chi connectivity index (χ2v) is 8.95. The fourth-order valence-electron chi connectivity index (χ4n) is 4.96. The Morgan fingerprint density at radius 1 is 1.17 bits per heavy atom. The predicted octanol–water partition coefficient (Wildman–Crippen LogP) is 4.69. The van der Waals surface area contributed by atoms with E-state index in [4.69, 9.17) is 10.9 Å². The van der Waals surface area contributed by atoms with Crippen LogP contribution in [0.25, 0.3) is 0 Å². The molecule has 4 rings (SSSR count). The third-order valence-electron chi connectivity index (χ3n) is 6.71. The lowest BCUT2D eigenvalue weighted by Gasteiger charge is -2.30. The second kappa shape index (κ2) is 10.1. The standard InChI is InChI=1S/C25H25F4N5O2/c1-14-4-2-6-19(26)22(14)16-9-7-15(8-10-16)17-12-20(23(30)33-36)32-34(24(17)35)13-21-18(25(27,28)29)5-3-11-31-21/h2-6,11-12,15-16,36H,7-10,13H2,1H3,(H2,30,33). The number of nitrogens with two attached hydrogens (primary N) is 1. The maximum Gasteiger partial charge on any atom is 0.418 e. The van der Waals surface area contributed by atoms with E-state index in [0.29, 0.717) is 36.8 Å². The number of halogens is 4. The van der Waals surface area contributed by atoms with E-state index < -0.39 is 23.8 Å². The quantitative estimate of drug-likeness (QED) is 0.173. The number of alkyl halides is 3. The molecule has 11 heteroatoms. The molecule has 7 nitrogen and oxygen atoms in total. The third-order valence-corrected chi connectivity index (χ3v) is 6.71. The molecule has 2 heterocycles. The number of aryl methyl sites for hydroxylation is 1. The Hall–Kier alpha value is -3.76. The van der Waals surface area contributed by atoms with Gasteiger partial charge in [-0.1, -0.05) is 17.3 Å². The average Bonchev–Trinajstić information content (AvgIpc) is 2.85. The molecule has 0 radical (unpaired) electrons. The number of nitrogens with zero attached hydrogens (tertiary/aromatic N) is 4. The van der Waals surface area contributed by atoms with E-state index in [0.717, 1.165) is 22.4 Å². The Labute approximate surface area is 204 Å². The molecule has 1 saturated carbocycles. The molecule has 1 fully saturated rings. The largest absolute Gasteiger partial charge is 0.418 e. The monoisotopic (exact) mass is 503 g/mol. The molecule has 0 saturated heterocycles. The zero-order valence-electron chi connectivity index (χ0n) is 19.5. The Morgan fingerprint density at radius 2 is 1.86 bits per heavy atom. The van der Waals surface area contributed by atoms with Gasteiger partial charge in [-0.2, -0.15) is 18.3 Å². The molecule has 0 spiro atoms. The highest BCUT2D eigenvalue weighted by molar-refractivity contribution is 5.95. The minimum absolute atomic E-state index is 0.00193. The van der Waals surface area contributed by atoms with E-state index in [1.54, 1.807) is 6.07 Å². The normalized spacial score (nSPS) is 18.9. The summed E-state index contributed by atoms with van der Waals surface area (Å²) < 4.78 is 55.8. The molecule has 1 aliphatic carbocycles. The van der Waals surface area contributed by atoms with Crippen LogP contribution in [0.2, 0.25) is 0 Å². The smallest absolute Gasteiger partial charge is 0.409 e. The summed E-state index contributed by atoms with van der Waals surface area (Å²) in [5.74, 6) is -0.878. The van der Waals surface area contributed by atoms with Crippen molar-refractivity contribution in [3.8, 4) is 0 Å². The fraction of sp³-hybridized carbons (Fsp3) is 0.360. The average molecular weight is 504 g/mol. The van der Waals surface area contributed by atoms with Crippen LogP contribution in [0.3, 0.4) is 0 Å². The van der Waals surface area contributed by atoms with Crippen molar-refractivity contribution in [2.45, 2.75) is 57.2 Å². The third kappa shape index (κ3) is 5.09. The number of benzene rings is 1. The minimum atomic E-state index is -4.66. The summed E-state index contributed by atoms with van der Waals surface area (Å²) in [4.78, 5) is 17.2. The van der Waals surface area contributed by atoms with Crippen LogP contribution in [0.15, 0.2) is 52.5 Å². The number of rotatable bonds is 5. The van der Waals surface area contributed by atoms with Gasteiger partial charge in [-0.15, -0.1) is 0 Å². The molecule has 0 bridgehead atoms. The van der Waals surface area contributed by atoms with Crippen molar-refractivity contribution in [3.05, 3.63) is 92.4 Å². The molecular weight excluding hydrogens is 478 g/mol. The molecule has 3 aromatic rings. The van der Waals surface area contributed by atoms with Crippen molar-refractivity contribution in [1.82, 2.24) is 14.8 Å². The summed E-state index contributed by atoms with van der Waals surface area (Å²) in [6.45, 7) is 1.32. The van der Waals surface area contributed by atoms with Gasteiger partial charge in [0.1, 0.15) is 11.5 Å². The second-order valence-electron chi connectivity index (χ2n) is 8.95. The summed E-state index contributed by atoms with van der Waals surface area (Å²) in [5, 5.41) is 16.1. The van der Waals surface area contributed by atoms with Gasteiger partial charge in [-0.25, -0.2) is 9.07 Å². The van der Waals surface area contributed by atoms with Crippen LogP contribution in [0.1, 0.15) is 71.2 Å².